The molecule has 0 atom stereocenters. The summed E-state index contributed by atoms with van der Waals surface area (Å²) in [6.45, 7) is 0. The van der Waals surface area contributed by atoms with Crippen molar-refractivity contribution >= 4 is 104 Å². The van der Waals surface area contributed by atoms with Crippen molar-refractivity contribution in [2.45, 2.75) is 0 Å². The average Bonchev–Trinajstić information content (AvgIpc) is 3.42. The van der Waals surface area contributed by atoms with Gasteiger partial charge in [0.05, 0.1) is 25.4 Å². The number of hydrogen-bond donors (Lipinski definition) is 0. The van der Waals surface area contributed by atoms with Gasteiger partial charge in [0, 0.05) is 9.81 Å². The summed E-state index contributed by atoms with van der Waals surface area (Å²) in [6, 6.07) is 21.6. The lowest BCUT2D eigenvalue weighted by atomic mass is 10.1. The Kier molecular flexibility index (Phi) is 7.33. The second-order valence-corrected chi connectivity index (χ2v) is 15.4. The summed E-state index contributed by atoms with van der Waals surface area (Å²) in [5.74, 6) is 0. The Morgan fingerprint density at radius 3 is 1.23 bits per heavy atom. The van der Waals surface area contributed by atoms with Crippen LogP contribution in [-0.2, 0) is 0 Å². The van der Waals surface area contributed by atoms with Crippen LogP contribution in [0.25, 0.3) is 9.81 Å². The maximum atomic E-state index is 2.23. The van der Waals surface area contributed by atoms with Crippen LogP contribution in [0.2, 0.25) is 0 Å². The van der Waals surface area contributed by atoms with Gasteiger partial charge < -0.3 is 0 Å². The van der Waals surface area contributed by atoms with Gasteiger partial charge in [-0.05, 0) is 23.6 Å². The van der Waals surface area contributed by atoms with E-state index in [4.69, 9.17) is 0 Å². The van der Waals surface area contributed by atoms with Crippen LogP contribution in [0.1, 0.15) is 11.1 Å². The predicted octanol–water partition coefficient (Wildman–Crippen LogP) is 10.1. The zero-order chi connectivity index (χ0) is 20.5. The van der Waals surface area contributed by atoms with Gasteiger partial charge in [0.15, 0.2) is 0 Å². The first-order chi connectivity index (χ1) is 14.8. The molecule has 0 nitrogen and oxygen atoms in total. The molecule has 8 heteroatoms. The largest absolute Gasteiger partial charge is 0.121 e. The Morgan fingerprint density at radius 2 is 0.833 bits per heavy atom. The standard InChI is InChI=1S/C22H16S8/c1-23-17-18(24-2)28-21(27-17)22-29-19-20(30-22)26-16(14-11-7-4-8-12-14)15(25-19)13-9-5-3-6-10-13/h3-12H,1-2H3. The summed E-state index contributed by atoms with van der Waals surface area (Å²) in [7, 11) is 0. The molecule has 152 valence electrons. The van der Waals surface area contributed by atoms with Crippen molar-refractivity contribution in [3.63, 3.8) is 0 Å². The van der Waals surface area contributed by atoms with Crippen molar-refractivity contribution in [2.24, 2.45) is 0 Å². The molecule has 0 aliphatic carbocycles. The van der Waals surface area contributed by atoms with Crippen molar-refractivity contribution in [1.29, 1.82) is 0 Å². The predicted molar refractivity (Wildman–Crippen MR) is 153 cm³/mol. The first-order valence-electron chi connectivity index (χ1n) is 9.00. The summed E-state index contributed by atoms with van der Waals surface area (Å²) >= 11 is 15.4. The summed E-state index contributed by atoms with van der Waals surface area (Å²) in [4.78, 5) is 2.73. The Hall–Kier alpha value is 0.200. The molecule has 0 fully saturated rings. The smallest absolute Gasteiger partial charge is 0.0718 e. The molecule has 30 heavy (non-hydrogen) atoms. The quantitative estimate of drug-likeness (QED) is 0.374. The Balaban J connectivity index is 1.46. The van der Waals surface area contributed by atoms with E-state index in [-0.39, 0.29) is 0 Å². The first kappa shape index (κ1) is 22.0. The molecule has 3 aliphatic heterocycles. The van der Waals surface area contributed by atoms with Crippen LogP contribution >= 0.6 is 94.1 Å². The van der Waals surface area contributed by atoms with Crippen LogP contribution in [0.4, 0.5) is 0 Å². The van der Waals surface area contributed by atoms with Crippen molar-refractivity contribution in [2.75, 3.05) is 12.5 Å². The highest BCUT2D eigenvalue weighted by molar-refractivity contribution is 8.47. The lowest BCUT2D eigenvalue weighted by Crippen LogP contribution is -1.91. The molecular weight excluding hydrogens is 521 g/mol. The third-order valence-corrected chi connectivity index (χ3v) is 15.8. The molecule has 0 saturated heterocycles. The minimum Gasteiger partial charge on any atom is -0.121 e. The van der Waals surface area contributed by atoms with E-state index in [0.717, 1.165) is 0 Å². The van der Waals surface area contributed by atoms with Gasteiger partial charge in [-0.2, -0.15) is 0 Å². The van der Waals surface area contributed by atoms with E-state index in [1.165, 1.54) is 46.4 Å². The molecule has 3 heterocycles. The van der Waals surface area contributed by atoms with E-state index >= 15 is 0 Å². The fraction of sp³-hybridized carbons (Fsp3) is 0.0909. The van der Waals surface area contributed by atoms with Crippen LogP contribution in [0.15, 0.2) is 86.1 Å². The van der Waals surface area contributed by atoms with Gasteiger partial charge in [-0.25, -0.2) is 0 Å². The molecule has 0 unspecified atom stereocenters. The Bertz CT molecular complexity index is 1010. The van der Waals surface area contributed by atoms with Crippen LogP contribution in [0.5, 0.6) is 0 Å². The molecule has 0 bridgehead atoms. The van der Waals surface area contributed by atoms with Gasteiger partial charge in [0.2, 0.25) is 0 Å². The average molecular weight is 537 g/mol. The van der Waals surface area contributed by atoms with E-state index < -0.39 is 0 Å². The van der Waals surface area contributed by atoms with Gasteiger partial charge in [0.25, 0.3) is 0 Å². The fourth-order valence-electron chi connectivity index (χ4n) is 2.92. The normalized spacial score (nSPS) is 19.3. The number of hydrogen-bond acceptors (Lipinski definition) is 8. The number of benzene rings is 2. The molecular formula is C22H16S8. The van der Waals surface area contributed by atoms with Crippen molar-refractivity contribution in [3.8, 4) is 0 Å². The summed E-state index contributed by atoms with van der Waals surface area (Å²) in [5.41, 5.74) is 2.60. The van der Waals surface area contributed by atoms with Crippen LogP contribution in [-0.4, -0.2) is 12.5 Å². The second kappa shape index (κ2) is 10.00. The lowest BCUT2D eigenvalue weighted by molar-refractivity contribution is 1.63. The molecule has 0 N–H and O–H groups in total. The molecule has 0 amide bonds. The van der Waals surface area contributed by atoms with Crippen LogP contribution in [0.3, 0.4) is 0 Å². The summed E-state index contributed by atoms with van der Waals surface area (Å²) < 4.78 is 8.61. The number of rotatable bonds is 4. The fourth-order valence-corrected chi connectivity index (χ4v) is 14.3. The zero-order valence-corrected chi connectivity index (χ0v) is 22.6. The minimum absolute atomic E-state index is 1.30. The highest BCUT2D eigenvalue weighted by Crippen LogP contribution is 2.70. The monoisotopic (exact) mass is 536 g/mol. The van der Waals surface area contributed by atoms with Crippen molar-refractivity contribution < 1.29 is 0 Å². The van der Waals surface area contributed by atoms with E-state index in [2.05, 4.69) is 73.2 Å². The molecule has 2 aromatic carbocycles. The van der Waals surface area contributed by atoms with E-state index in [0.29, 0.717) is 0 Å². The maximum absolute atomic E-state index is 2.23. The maximum Gasteiger partial charge on any atom is 0.0718 e. The topological polar surface area (TPSA) is 0 Å². The molecule has 3 aliphatic rings. The molecule has 0 saturated carbocycles. The lowest BCUT2D eigenvalue weighted by Gasteiger charge is -2.20. The van der Waals surface area contributed by atoms with E-state index in [1.54, 1.807) is 0 Å². The van der Waals surface area contributed by atoms with E-state index in [1.807, 2.05) is 94.1 Å². The summed E-state index contributed by atoms with van der Waals surface area (Å²) in [6.07, 6.45) is 4.36. The Morgan fingerprint density at radius 1 is 0.467 bits per heavy atom. The third-order valence-electron chi connectivity index (χ3n) is 4.28. The zero-order valence-electron chi connectivity index (χ0n) is 16.0. The highest BCUT2D eigenvalue weighted by atomic mass is 32.3. The van der Waals surface area contributed by atoms with Gasteiger partial charge in [-0.3, -0.25) is 0 Å². The molecule has 0 radical (unpaired) electrons. The van der Waals surface area contributed by atoms with Gasteiger partial charge >= 0.3 is 0 Å². The Labute approximate surface area is 211 Å². The van der Waals surface area contributed by atoms with Crippen LogP contribution in [0, 0.1) is 0 Å². The molecule has 2 aromatic rings. The molecule has 0 spiro atoms. The van der Waals surface area contributed by atoms with Crippen LogP contribution < -0.4 is 0 Å². The van der Waals surface area contributed by atoms with Crippen molar-refractivity contribution in [3.05, 3.63) is 97.2 Å². The first-order valence-corrected chi connectivity index (χ1v) is 16.3. The van der Waals surface area contributed by atoms with Gasteiger partial charge in [-0.1, -0.05) is 131 Å². The molecule has 5 rings (SSSR count). The van der Waals surface area contributed by atoms with Gasteiger partial charge in [0.1, 0.15) is 0 Å². The van der Waals surface area contributed by atoms with Gasteiger partial charge in [-0.15, -0.1) is 23.5 Å². The third kappa shape index (κ3) is 4.49. The van der Waals surface area contributed by atoms with Crippen molar-refractivity contribution in [1.82, 2.24) is 0 Å². The SMILES string of the molecule is CSC1=C(SC)SC(=C2SC3=C(S2)SC(c2ccccc2)=C(c2ccccc2)S3)S1. The second-order valence-electron chi connectivity index (χ2n) is 6.14. The summed E-state index contributed by atoms with van der Waals surface area (Å²) in [5, 5.41) is 0. The minimum atomic E-state index is 1.30. The van der Waals surface area contributed by atoms with E-state index in [9.17, 15) is 0 Å². The highest BCUT2D eigenvalue weighted by Gasteiger charge is 2.34. The molecule has 0 aromatic heterocycles. The number of thioether (sulfide) groups is 8.